The van der Waals surface area contributed by atoms with Gasteiger partial charge in [0.05, 0.1) is 37.1 Å². The summed E-state index contributed by atoms with van der Waals surface area (Å²) < 4.78 is 49.3. The number of ketones is 1. The van der Waals surface area contributed by atoms with Crippen LogP contribution in [0.4, 0.5) is 4.39 Å². The first-order valence-corrected chi connectivity index (χ1v) is 21.0. The Bertz CT molecular complexity index is 1720. The fourth-order valence-electron chi connectivity index (χ4n) is 8.90. The van der Waals surface area contributed by atoms with E-state index >= 15 is 4.39 Å². The van der Waals surface area contributed by atoms with Gasteiger partial charge in [-0.15, -0.1) is 0 Å². The Kier molecular flexibility index (Phi) is 15.8. The van der Waals surface area contributed by atoms with E-state index in [2.05, 4.69) is 9.89 Å². The molecule has 3 heterocycles. The molecule has 12 nitrogen and oxygen atoms in total. The summed E-state index contributed by atoms with van der Waals surface area (Å²) >= 11 is 0. The van der Waals surface area contributed by atoms with Crippen molar-refractivity contribution in [2.45, 2.75) is 168 Å². The van der Waals surface area contributed by atoms with E-state index in [0.29, 0.717) is 17.7 Å². The van der Waals surface area contributed by atoms with E-state index in [4.69, 9.17) is 23.7 Å². The first kappa shape index (κ1) is 48.5. The summed E-state index contributed by atoms with van der Waals surface area (Å²) in [6.07, 6.45) is -0.481. The summed E-state index contributed by atoms with van der Waals surface area (Å²) in [4.78, 5) is 47.8. The molecule has 59 heavy (non-hydrogen) atoms. The highest BCUT2D eigenvalue weighted by molar-refractivity contribution is 6.08. The number of likely N-dealkylation sites (N-methyl/N-ethyl adjacent to an activating group) is 1. The molecule has 3 saturated heterocycles. The maximum absolute atomic E-state index is 17.0. The summed E-state index contributed by atoms with van der Waals surface area (Å²) in [6.45, 7) is 20.0. The molecule has 330 valence electrons. The normalized spacial score (nSPS) is 39.8. The third kappa shape index (κ3) is 11.2. The number of Topliss-reactive ketones (excluding diaryl/α,β-unsaturated/α-hetero) is 1. The number of fused-ring (bicyclic) bond motifs is 5. The Morgan fingerprint density at radius 1 is 1.07 bits per heavy atom. The van der Waals surface area contributed by atoms with Crippen molar-refractivity contribution >= 4 is 29.4 Å². The minimum Gasteiger partial charge on any atom is -0.457 e. The number of aliphatic hydroxyl groups excluding tert-OH is 1. The van der Waals surface area contributed by atoms with Gasteiger partial charge >= 0.3 is 5.97 Å². The number of ether oxygens (including phenoxy) is 5. The fraction of sp³-hybridized carbons (Fsp3) is 0.696. The lowest BCUT2D eigenvalue weighted by molar-refractivity contribution is -0.299. The molecular formula is C46H69FN2O10. The highest BCUT2D eigenvalue weighted by Gasteiger charge is 2.57. The van der Waals surface area contributed by atoms with E-state index in [0.717, 1.165) is 12.5 Å². The molecule has 3 aliphatic heterocycles. The van der Waals surface area contributed by atoms with Gasteiger partial charge in [0.25, 0.3) is 5.67 Å². The van der Waals surface area contributed by atoms with Crippen molar-refractivity contribution in [1.82, 2.24) is 4.90 Å². The van der Waals surface area contributed by atoms with Crippen LogP contribution in [0.1, 0.15) is 108 Å². The number of nitrogens with zero attached hydrogens (tertiary/aromatic N) is 2. The number of amides is 1. The average Bonchev–Trinajstić information content (AvgIpc) is 3.17. The van der Waals surface area contributed by atoms with Crippen molar-refractivity contribution in [1.29, 1.82) is 0 Å². The largest absolute Gasteiger partial charge is 0.457 e. The molecule has 0 saturated carbocycles. The molecule has 1 aromatic carbocycles. The standard InChI is InChI=1S/C46H69FN2O10/c1-14-35-46(12,54)40-29(4)36(48-31(6)50)27(2)24-44(10,56-26-33(25-55-40)22-18-21-32-19-16-15-17-20-32)39(30(5)38(52)45(11,47)42(53)58-35)59-41-37(51)34(23-28(3)57-41)49(13)43(7,8)9/h15-22,27-30,34-35,37,39-41,51,54H,14,23-26H2,1-13H3/b21-18+,33-22+,48-36?/t27-,28-,29+,30+,34+,35-,37-,39-,40-,41+,44-,45+,46-/m1/s1. The molecule has 1 amide bonds. The zero-order valence-corrected chi connectivity index (χ0v) is 37.4. The quantitative estimate of drug-likeness (QED) is 0.240. The van der Waals surface area contributed by atoms with Crippen molar-refractivity contribution < 1.29 is 52.7 Å². The molecule has 3 fully saturated rings. The molecule has 2 N–H and O–H groups in total. The van der Waals surface area contributed by atoms with Gasteiger partial charge < -0.3 is 33.9 Å². The molecular weight excluding hydrogens is 760 g/mol. The number of carbonyl (C=O) groups excluding carboxylic acids is 3. The Hall–Kier alpha value is -3.17. The Morgan fingerprint density at radius 2 is 1.71 bits per heavy atom. The number of esters is 1. The molecule has 0 spiro atoms. The summed E-state index contributed by atoms with van der Waals surface area (Å²) in [7, 11) is 1.92. The first-order valence-electron chi connectivity index (χ1n) is 21.0. The third-order valence-corrected chi connectivity index (χ3v) is 12.5. The number of rotatable bonds is 6. The Morgan fingerprint density at radius 3 is 2.31 bits per heavy atom. The van der Waals surface area contributed by atoms with Crippen LogP contribution in [0.5, 0.6) is 0 Å². The van der Waals surface area contributed by atoms with Gasteiger partial charge in [0.1, 0.15) is 17.8 Å². The van der Waals surface area contributed by atoms with Crippen LogP contribution in [0.3, 0.4) is 0 Å². The van der Waals surface area contributed by atoms with Crippen LogP contribution < -0.4 is 0 Å². The fourth-order valence-corrected chi connectivity index (χ4v) is 8.90. The van der Waals surface area contributed by atoms with Crippen molar-refractivity contribution in [3.8, 4) is 0 Å². The van der Waals surface area contributed by atoms with Crippen LogP contribution >= 0.6 is 0 Å². The second-order valence-electron chi connectivity index (χ2n) is 18.5. The van der Waals surface area contributed by atoms with Crippen LogP contribution in [0.25, 0.3) is 6.08 Å². The number of aliphatic hydroxyl groups is 2. The van der Waals surface area contributed by atoms with Crippen LogP contribution in [-0.4, -0.2) is 124 Å². The zero-order chi connectivity index (χ0) is 44.2. The van der Waals surface area contributed by atoms with Gasteiger partial charge in [0.2, 0.25) is 5.91 Å². The van der Waals surface area contributed by atoms with Crippen molar-refractivity contribution in [3.05, 3.63) is 53.6 Å². The zero-order valence-electron chi connectivity index (χ0n) is 37.4. The maximum Gasteiger partial charge on any atom is 0.351 e. The molecule has 0 aliphatic carbocycles. The summed E-state index contributed by atoms with van der Waals surface area (Å²) in [6, 6.07) is 9.29. The first-order chi connectivity index (χ1) is 27.3. The van der Waals surface area contributed by atoms with Crippen molar-refractivity contribution in [3.63, 3.8) is 0 Å². The molecule has 1 aromatic rings. The van der Waals surface area contributed by atoms with Gasteiger partial charge in [-0.25, -0.2) is 14.2 Å². The predicted molar refractivity (Wildman–Crippen MR) is 224 cm³/mol. The molecule has 4 rings (SSSR count). The third-order valence-electron chi connectivity index (χ3n) is 12.5. The number of cyclic esters (lactones) is 1. The molecule has 13 heteroatoms. The maximum atomic E-state index is 17.0. The van der Waals surface area contributed by atoms with Crippen LogP contribution in [0.15, 0.2) is 53.0 Å². The van der Waals surface area contributed by atoms with E-state index in [1.165, 1.54) is 20.8 Å². The molecule has 0 aromatic heterocycles. The number of halogens is 1. The molecule has 0 radical (unpaired) electrons. The summed E-state index contributed by atoms with van der Waals surface area (Å²) in [5, 5.41) is 24.4. The van der Waals surface area contributed by atoms with E-state index in [-0.39, 0.29) is 37.7 Å². The van der Waals surface area contributed by atoms with E-state index in [1.807, 2.05) is 90.2 Å². The molecule has 0 unspecified atom stereocenters. The summed E-state index contributed by atoms with van der Waals surface area (Å²) in [5.41, 5.74) is -5.01. The van der Waals surface area contributed by atoms with Crippen molar-refractivity contribution in [2.75, 3.05) is 20.3 Å². The van der Waals surface area contributed by atoms with E-state index in [9.17, 15) is 24.6 Å². The minimum atomic E-state index is -3.19. The lowest BCUT2D eigenvalue weighted by Crippen LogP contribution is -2.63. The van der Waals surface area contributed by atoms with Gasteiger partial charge in [-0.05, 0) is 91.8 Å². The molecule has 3 aliphatic rings. The number of benzene rings is 1. The van der Waals surface area contributed by atoms with Gasteiger partial charge in [-0.3, -0.25) is 14.5 Å². The average molecular weight is 829 g/mol. The van der Waals surface area contributed by atoms with Crippen molar-refractivity contribution in [2.24, 2.45) is 22.7 Å². The highest BCUT2D eigenvalue weighted by atomic mass is 19.1. The lowest BCUT2D eigenvalue weighted by atomic mass is 9.73. The van der Waals surface area contributed by atoms with Crippen LogP contribution in [-0.2, 0) is 38.1 Å². The Labute approximate surface area is 350 Å². The van der Waals surface area contributed by atoms with Gasteiger partial charge in [-0.1, -0.05) is 76.3 Å². The minimum absolute atomic E-state index is 0.0363. The molecule has 13 atom stereocenters. The number of allylic oxidation sites excluding steroid dienone is 2. The highest BCUT2D eigenvalue weighted by Crippen LogP contribution is 2.41. The number of hydrogen-bond acceptors (Lipinski definition) is 11. The van der Waals surface area contributed by atoms with Crippen LogP contribution in [0.2, 0.25) is 0 Å². The number of aliphatic imine (C=N–C) groups is 1. The van der Waals surface area contributed by atoms with Crippen LogP contribution in [0, 0.1) is 17.8 Å². The monoisotopic (exact) mass is 828 g/mol. The number of carbonyl (C=O) groups is 3. The van der Waals surface area contributed by atoms with Gasteiger partial charge in [0.15, 0.2) is 12.1 Å². The SMILES string of the molecule is CC[C@H]1OC(=O)[C@@](C)(F)C(=O)[C@H](C)[C@@H](O[C@@H]2O[C@H](C)C[C@H](N(C)C(C)(C)C)[C@H]2O)[C@@]2(C)C[C@@H](C)C(=NC(C)=O)[C@H](C)[C@@H](OC/C(=C\C=C\c3ccccc3)CO2)[C@]1(C)O. The number of alkyl halides is 1. The van der Waals surface area contributed by atoms with Gasteiger partial charge in [-0.2, -0.15) is 0 Å². The lowest BCUT2D eigenvalue weighted by Gasteiger charge is -2.49. The second-order valence-corrected chi connectivity index (χ2v) is 18.5. The molecule has 2 bridgehead atoms. The smallest absolute Gasteiger partial charge is 0.351 e. The Balaban J connectivity index is 2.00. The second kappa shape index (κ2) is 19.3. The topological polar surface area (TPSA) is 153 Å². The predicted octanol–water partition coefficient (Wildman–Crippen LogP) is 6.45. The summed E-state index contributed by atoms with van der Waals surface area (Å²) in [5.74, 6) is -5.82. The van der Waals surface area contributed by atoms with Gasteiger partial charge in [0, 0.05) is 36.1 Å². The van der Waals surface area contributed by atoms with E-state index < -0.39 is 89.0 Å². The van der Waals surface area contributed by atoms with E-state index in [1.54, 1.807) is 20.8 Å². The number of hydrogen-bond donors (Lipinski definition) is 2.